The van der Waals surface area contributed by atoms with Crippen molar-refractivity contribution in [1.29, 1.82) is 0 Å². The molecule has 0 amide bonds. The number of aliphatic hydroxyl groups is 1. The maximum atomic E-state index is 10.1. The summed E-state index contributed by atoms with van der Waals surface area (Å²) in [5, 5.41) is 13.5. The van der Waals surface area contributed by atoms with Crippen molar-refractivity contribution >= 4 is 0 Å². The first-order valence-corrected chi connectivity index (χ1v) is 8.00. The molecule has 0 saturated carbocycles. The van der Waals surface area contributed by atoms with Crippen molar-refractivity contribution < 1.29 is 5.11 Å². The lowest BCUT2D eigenvalue weighted by atomic mass is 10.2. The second kappa shape index (κ2) is 7.58. The lowest BCUT2D eigenvalue weighted by Gasteiger charge is -2.27. The largest absolute Gasteiger partial charge is 0.390 e. The SMILES string of the molecule is CC(C)CNCC(O)CN1CCCN2CCCC2C1. The van der Waals surface area contributed by atoms with E-state index in [1.807, 2.05) is 0 Å². The third-order valence-electron chi connectivity index (χ3n) is 4.29. The standard InChI is InChI=1S/C15H31N3O/c1-13(2)9-16-10-15(19)12-17-6-4-8-18-7-3-5-14(18)11-17/h13-16,19H,3-12H2,1-2H3. The topological polar surface area (TPSA) is 38.7 Å². The van der Waals surface area contributed by atoms with Crippen LogP contribution in [0.5, 0.6) is 0 Å². The van der Waals surface area contributed by atoms with Gasteiger partial charge in [-0.15, -0.1) is 0 Å². The molecule has 2 aliphatic heterocycles. The fourth-order valence-electron chi connectivity index (χ4n) is 3.35. The maximum Gasteiger partial charge on any atom is 0.0791 e. The van der Waals surface area contributed by atoms with Crippen LogP contribution in [0, 0.1) is 5.92 Å². The highest BCUT2D eigenvalue weighted by Gasteiger charge is 2.29. The van der Waals surface area contributed by atoms with Crippen LogP contribution in [-0.4, -0.2) is 72.9 Å². The van der Waals surface area contributed by atoms with Crippen LogP contribution in [0.1, 0.15) is 33.1 Å². The normalized spacial score (nSPS) is 27.5. The zero-order chi connectivity index (χ0) is 13.7. The molecule has 112 valence electrons. The van der Waals surface area contributed by atoms with Crippen molar-refractivity contribution in [3.63, 3.8) is 0 Å². The number of rotatable bonds is 6. The first-order chi connectivity index (χ1) is 9.15. The average Bonchev–Trinajstić information content (AvgIpc) is 2.68. The van der Waals surface area contributed by atoms with Crippen molar-refractivity contribution in [3.05, 3.63) is 0 Å². The summed E-state index contributed by atoms with van der Waals surface area (Å²) >= 11 is 0. The van der Waals surface area contributed by atoms with E-state index in [2.05, 4.69) is 29.0 Å². The number of β-amino-alcohol motifs (C(OH)–C–C–N with tert-alkyl or cyclic N) is 1. The third-order valence-corrected chi connectivity index (χ3v) is 4.29. The second-order valence-electron chi connectivity index (χ2n) is 6.65. The molecule has 0 aromatic heterocycles. The molecular formula is C15H31N3O. The van der Waals surface area contributed by atoms with Crippen molar-refractivity contribution in [3.8, 4) is 0 Å². The molecule has 2 unspecified atom stereocenters. The summed E-state index contributed by atoms with van der Waals surface area (Å²) in [5.41, 5.74) is 0. The average molecular weight is 269 g/mol. The molecule has 0 radical (unpaired) electrons. The predicted molar refractivity (Wildman–Crippen MR) is 79.4 cm³/mol. The van der Waals surface area contributed by atoms with E-state index in [4.69, 9.17) is 0 Å². The Kier molecular flexibility index (Phi) is 6.07. The van der Waals surface area contributed by atoms with Gasteiger partial charge in [-0.2, -0.15) is 0 Å². The Morgan fingerprint density at radius 3 is 2.74 bits per heavy atom. The molecule has 2 aliphatic rings. The zero-order valence-electron chi connectivity index (χ0n) is 12.6. The molecule has 0 aromatic rings. The van der Waals surface area contributed by atoms with Crippen LogP contribution in [0.2, 0.25) is 0 Å². The van der Waals surface area contributed by atoms with E-state index < -0.39 is 0 Å². The monoisotopic (exact) mass is 269 g/mol. The van der Waals surface area contributed by atoms with E-state index in [9.17, 15) is 5.11 Å². The number of hydrogen-bond acceptors (Lipinski definition) is 4. The number of fused-ring (bicyclic) bond motifs is 1. The summed E-state index contributed by atoms with van der Waals surface area (Å²) in [6.45, 7) is 11.8. The van der Waals surface area contributed by atoms with Gasteiger partial charge in [0.2, 0.25) is 0 Å². The minimum atomic E-state index is -0.230. The summed E-state index contributed by atoms with van der Waals surface area (Å²) in [6.07, 6.45) is 3.73. The molecule has 0 aromatic carbocycles. The van der Waals surface area contributed by atoms with Gasteiger partial charge >= 0.3 is 0 Å². The molecule has 4 nitrogen and oxygen atoms in total. The van der Waals surface area contributed by atoms with Gasteiger partial charge in [0, 0.05) is 25.7 Å². The van der Waals surface area contributed by atoms with Gasteiger partial charge in [-0.1, -0.05) is 13.8 Å². The Balaban J connectivity index is 1.69. The Hall–Kier alpha value is -0.160. The summed E-state index contributed by atoms with van der Waals surface area (Å²) in [5.74, 6) is 0.650. The number of aliphatic hydroxyl groups excluding tert-OH is 1. The van der Waals surface area contributed by atoms with E-state index in [-0.39, 0.29) is 6.10 Å². The molecule has 4 heteroatoms. The Morgan fingerprint density at radius 2 is 1.95 bits per heavy atom. The summed E-state index contributed by atoms with van der Waals surface area (Å²) < 4.78 is 0. The Morgan fingerprint density at radius 1 is 1.16 bits per heavy atom. The molecule has 0 aliphatic carbocycles. The molecule has 2 fully saturated rings. The van der Waals surface area contributed by atoms with Crippen LogP contribution in [0.4, 0.5) is 0 Å². The molecule has 2 atom stereocenters. The summed E-state index contributed by atoms with van der Waals surface area (Å²) in [6, 6.07) is 0.748. The molecule has 2 heterocycles. The van der Waals surface area contributed by atoms with Crippen molar-refractivity contribution in [2.75, 3.05) is 45.8 Å². The highest BCUT2D eigenvalue weighted by Crippen LogP contribution is 2.21. The molecule has 2 saturated heterocycles. The van der Waals surface area contributed by atoms with Crippen molar-refractivity contribution in [1.82, 2.24) is 15.1 Å². The first-order valence-electron chi connectivity index (χ1n) is 8.00. The molecule has 2 rings (SSSR count). The van der Waals surface area contributed by atoms with Gasteiger partial charge in [0.05, 0.1) is 6.10 Å². The number of nitrogens with one attached hydrogen (secondary N) is 1. The first kappa shape index (κ1) is 15.2. The van der Waals surface area contributed by atoms with Crippen LogP contribution in [0.15, 0.2) is 0 Å². The fraction of sp³-hybridized carbons (Fsp3) is 1.00. The molecule has 0 spiro atoms. The molecule has 19 heavy (non-hydrogen) atoms. The van der Waals surface area contributed by atoms with Crippen LogP contribution < -0.4 is 5.32 Å². The third kappa shape index (κ3) is 5.03. The highest BCUT2D eigenvalue weighted by molar-refractivity contribution is 4.85. The van der Waals surface area contributed by atoms with Crippen molar-refractivity contribution in [2.45, 2.75) is 45.3 Å². The number of hydrogen-bond donors (Lipinski definition) is 2. The lowest BCUT2D eigenvalue weighted by molar-refractivity contribution is 0.106. The van der Waals surface area contributed by atoms with E-state index in [1.165, 1.54) is 32.4 Å². The van der Waals surface area contributed by atoms with Crippen LogP contribution in [-0.2, 0) is 0 Å². The van der Waals surface area contributed by atoms with Gasteiger partial charge in [-0.05, 0) is 51.4 Å². The van der Waals surface area contributed by atoms with Gasteiger partial charge in [0.1, 0.15) is 0 Å². The predicted octanol–water partition coefficient (Wildman–Crippen LogP) is 0.763. The van der Waals surface area contributed by atoms with Gasteiger partial charge < -0.3 is 10.4 Å². The van der Waals surface area contributed by atoms with E-state index >= 15 is 0 Å². The van der Waals surface area contributed by atoms with Gasteiger partial charge in [-0.25, -0.2) is 0 Å². The fourth-order valence-corrected chi connectivity index (χ4v) is 3.35. The molecule has 0 bridgehead atoms. The van der Waals surface area contributed by atoms with Gasteiger partial charge in [0.25, 0.3) is 0 Å². The minimum Gasteiger partial charge on any atom is -0.390 e. The van der Waals surface area contributed by atoms with Gasteiger partial charge in [0.15, 0.2) is 0 Å². The van der Waals surface area contributed by atoms with Crippen molar-refractivity contribution in [2.24, 2.45) is 5.92 Å². The highest BCUT2D eigenvalue weighted by atomic mass is 16.3. The van der Waals surface area contributed by atoms with E-state index in [0.29, 0.717) is 5.92 Å². The van der Waals surface area contributed by atoms with Crippen LogP contribution >= 0.6 is 0 Å². The van der Waals surface area contributed by atoms with E-state index in [0.717, 1.165) is 38.8 Å². The summed E-state index contributed by atoms with van der Waals surface area (Å²) in [7, 11) is 0. The number of nitrogens with zero attached hydrogens (tertiary/aromatic N) is 2. The maximum absolute atomic E-state index is 10.1. The van der Waals surface area contributed by atoms with Gasteiger partial charge in [-0.3, -0.25) is 9.80 Å². The van der Waals surface area contributed by atoms with Crippen LogP contribution in [0.3, 0.4) is 0 Å². The molecular weight excluding hydrogens is 238 g/mol. The summed E-state index contributed by atoms with van der Waals surface area (Å²) in [4.78, 5) is 5.11. The molecule has 2 N–H and O–H groups in total. The van der Waals surface area contributed by atoms with E-state index in [1.54, 1.807) is 0 Å². The van der Waals surface area contributed by atoms with Crippen LogP contribution in [0.25, 0.3) is 0 Å². The Labute approximate surface area is 118 Å². The quantitative estimate of drug-likeness (QED) is 0.747. The second-order valence-corrected chi connectivity index (χ2v) is 6.65. The minimum absolute atomic E-state index is 0.230. The zero-order valence-corrected chi connectivity index (χ0v) is 12.6. The Bertz CT molecular complexity index is 260. The smallest absolute Gasteiger partial charge is 0.0791 e. The lowest BCUT2D eigenvalue weighted by Crippen LogP contribution is -2.42.